The molecule has 5 rings (SSSR count). The Morgan fingerprint density at radius 3 is 2.68 bits per heavy atom. The second-order valence-corrected chi connectivity index (χ2v) is 7.55. The molecule has 0 amide bonds. The van der Waals surface area contributed by atoms with Gasteiger partial charge in [0.15, 0.2) is 5.71 Å². The van der Waals surface area contributed by atoms with Crippen LogP contribution in [0.15, 0.2) is 24.3 Å². The summed E-state index contributed by atoms with van der Waals surface area (Å²) in [6.07, 6.45) is 6.96. The minimum atomic E-state index is 0.614. The fraction of sp³-hybridized carbons (Fsp3) is 0.632. The molecule has 1 N–H and O–H groups in total. The number of rotatable bonds is 0. The van der Waals surface area contributed by atoms with Crippen LogP contribution in [0.3, 0.4) is 0 Å². The highest BCUT2D eigenvalue weighted by atomic mass is 15.3. The zero-order chi connectivity index (χ0) is 14.7. The second kappa shape index (κ2) is 4.74. The largest absolute Gasteiger partial charge is 0.378 e. The van der Waals surface area contributed by atoms with Crippen LogP contribution in [0.4, 0.5) is 11.4 Å². The van der Waals surface area contributed by atoms with Crippen LogP contribution in [-0.2, 0) is 0 Å². The molecule has 2 bridgehead atoms. The highest BCUT2D eigenvalue weighted by Crippen LogP contribution is 2.48. The lowest BCUT2D eigenvalue weighted by atomic mass is 9.85. The molecule has 1 saturated heterocycles. The lowest BCUT2D eigenvalue weighted by Gasteiger charge is -2.40. The molecule has 3 heteroatoms. The van der Waals surface area contributed by atoms with Gasteiger partial charge in [0.05, 0.1) is 35.3 Å². The minimum absolute atomic E-state index is 0.614. The van der Waals surface area contributed by atoms with Gasteiger partial charge in [0.2, 0.25) is 0 Å². The van der Waals surface area contributed by atoms with Crippen LogP contribution in [0.1, 0.15) is 32.1 Å². The van der Waals surface area contributed by atoms with E-state index in [1.165, 1.54) is 56.6 Å². The summed E-state index contributed by atoms with van der Waals surface area (Å²) in [4.78, 5) is 2.59. The van der Waals surface area contributed by atoms with Crippen molar-refractivity contribution in [2.75, 3.05) is 30.4 Å². The molecule has 2 heterocycles. The molecular weight excluding hydrogens is 270 g/mol. The number of fused-ring (bicyclic) bond motifs is 6. The fourth-order valence-corrected chi connectivity index (χ4v) is 5.71. The maximum Gasteiger partial charge on any atom is 0.162 e. The second-order valence-electron chi connectivity index (χ2n) is 7.55. The van der Waals surface area contributed by atoms with E-state index in [1.807, 2.05) is 5.71 Å². The molecule has 3 fully saturated rings. The number of para-hydroxylation sites is 2. The van der Waals surface area contributed by atoms with Gasteiger partial charge in [0, 0.05) is 19.9 Å². The van der Waals surface area contributed by atoms with Gasteiger partial charge in [-0.25, -0.2) is 4.58 Å². The maximum atomic E-state index is 3.93. The van der Waals surface area contributed by atoms with Crippen LogP contribution in [-0.4, -0.2) is 42.5 Å². The lowest BCUT2D eigenvalue weighted by Crippen LogP contribution is -2.49. The normalized spacial score (nSPS) is 36.1. The van der Waals surface area contributed by atoms with Crippen molar-refractivity contribution in [3.8, 4) is 0 Å². The SMILES string of the molecule is CN1c2ccccc2NC2C3CCCC(C3=[N+]3CCCC3)C21. The van der Waals surface area contributed by atoms with Gasteiger partial charge >= 0.3 is 0 Å². The van der Waals surface area contributed by atoms with Gasteiger partial charge in [-0.1, -0.05) is 18.6 Å². The van der Waals surface area contributed by atoms with Crippen molar-refractivity contribution >= 4 is 17.1 Å². The highest BCUT2D eigenvalue weighted by Gasteiger charge is 2.57. The molecular formula is C19H26N3+. The summed E-state index contributed by atoms with van der Waals surface area (Å²) in [5.74, 6) is 1.53. The maximum absolute atomic E-state index is 3.93. The molecule has 22 heavy (non-hydrogen) atoms. The standard InChI is InChI=1S/C19H26N3/c1-21-16-10-3-2-9-15(16)20-17-13-7-6-8-14(19(17)21)18(13)22-11-4-5-12-22/h2-3,9-10,13-14,17,19-20H,4-8,11-12H2,1H3/q+1. The van der Waals surface area contributed by atoms with Crippen molar-refractivity contribution in [2.24, 2.45) is 11.8 Å². The number of hydrogen-bond donors (Lipinski definition) is 1. The Kier molecular flexibility index (Phi) is 2.80. The molecule has 4 atom stereocenters. The van der Waals surface area contributed by atoms with Gasteiger partial charge in [-0.2, -0.15) is 0 Å². The minimum Gasteiger partial charge on any atom is -0.378 e. The van der Waals surface area contributed by atoms with Crippen LogP contribution >= 0.6 is 0 Å². The van der Waals surface area contributed by atoms with Gasteiger partial charge in [-0.3, -0.25) is 0 Å². The molecule has 0 aromatic heterocycles. The van der Waals surface area contributed by atoms with Crippen LogP contribution in [0.2, 0.25) is 0 Å². The molecule has 4 aliphatic rings. The molecule has 0 spiro atoms. The monoisotopic (exact) mass is 296 g/mol. The molecule has 116 valence electrons. The Bertz CT molecular complexity index is 627. The first-order valence-electron chi connectivity index (χ1n) is 9.04. The van der Waals surface area contributed by atoms with Crippen LogP contribution < -0.4 is 10.2 Å². The fourth-order valence-electron chi connectivity index (χ4n) is 5.71. The Hall–Kier alpha value is -1.51. The lowest BCUT2D eigenvalue weighted by molar-refractivity contribution is -0.510. The van der Waals surface area contributed by atoms with E-state index in [4.69, 9.17) is 0 Å². The van der Waals surface area contributed by atoms with E-state index in [-0.39, 0.29) is 0 Å². The molecule has 1 aromatic carbocycles. The predicted molar refractivity (Wildman–Crippen MR) is 91.1 cm³/mol. The molecule has 0 radical (unpaired) electrons. The van der Waals surface area contributed by atoms with Crippen molar-refractivity contribution < 1.29 is 4.58 Å². The van der Waals surface area contributed by atoms with E-state index < -0.39 is 0 Å². The van der Waals surface area contributed by atoms with Crippen molar-refractivity contribution in [2.45, 2.75) is 44.2 Å². The quantitative estimate of drug-likeness (QED) is 0.742. The van der Waals surface area contributed by atoms with Crippen molar-refractivity contribution in [3.05, 3.63) is 24.3 Å². The number of anilines is 2. The first-order chi connectivity index (χ1) is 10.8. The molecule has 2 aliphatic heterocycles. The smallest absolute Gasteiger partial charge is 0.162 e. The average molecular weight is 296 g/mol. The van der Waals surface area contributed by atoms with Gasteiger partial charge in [0.1, 0.15) is 13.1 Å². The van der Waals surface area contributed by atoms with Gasteiger partial charge < -0.3 is 10.2 Å². The third-order valence-corrected chi connectivity index (χ3v) is 6.53. The molecule has 1 aromatic rings. The average Bonchev–Trinajstić information content (AvgIpc) is 3.13. The summed E-state index contributed by atoms with van der Waals surface area (Å²) in [6.45, 7) is 2.61. The summed E-state index contributed by atoms with van der Waals surface area (Å²) in [5, 5.41) is 3.93. The number of likely N-dealkylation sites (N-methyl/N-ethyl adjacent to an activating group) is 1. The van der Waals surface area contributed by atoms with Gasteiger partial charge in [-0.15, -0.1) is 0 Å². The summed E-state index contributed by atoms with van der Waals surface area (Å²) in [7, 11) is 2.32. The topological polar surface area (TPSA) is 18.3 Å². The van der Waals surface area contributed by atoms with Gasteiger partial charge in [0.25, 0.3) is 0 Å². The number of benzene rings is 1. The van der Waals surface area contributed by atoms with E-state index in [1.54, 1.807) is 0 Å². The van der Waals surface area contributed by atoms with Crippen LogP contribution in [0, 0.1) is 11.8 Å². The van der Waals surface area contributed by atoms with Crippen molar-refractivity contribution in [1.82, 2.24) is 0 Å². The summed E-state index contributed by atoms with van der Waals surface area (Å²) < 4.78 is 2.76. The van der Waals surface area contributed by atoms with E-state index in [0.717, 1.165) is 11.8 Å². The van der Waals surface area contributed by atoms with Crippen molar-refractivity contribution in [1.29, 1.82) is 0 Å². The summed E-state index contributed by atoms with van der Waals surface area (Å²) in [5.41, 5.74) is 4.53. The number of nitrogens with one attached hydrogen (secondary N) is 1. The first kappa shape index (κ1) is 13.0. The predicted octanol–water partition coefficient (Wildman–Crippen LogP) is 2.96. The van der Waals surface area contributed by atoms with Gasteiger partial charge in [-0.05, 0) is 25.0 Å². The molecule has 4 unspecified atom stereocenters. The zero-order valence-electron chi connectivity index (χ0n) is 13.5. The van der Waals surface area contributed by atoms with E-state index in [9.17, 15) is 0 Å². The Labute approximate surface area is 133 Å². The van der Waals surface area contributed by atoms with E-state index in [0.29, 0.717) is 12.1 Å². The highest BCUT2D eigenvalue weighted by molar-refractivity contribution is 5.93. The van der Waals surface area contributed by atoms with Crippen LogP contribution in [0.5, 0.6) is 0 Å². The van der Waals surface area contributed by atoms with E-state index >= 15 is 0 Å². The van der Waals surface area contributed by atoms with Crippen LogP contribution in [0.25, 0.3) is 0 Å². The van der Waals surface area contributed by atoms with E-state index in [2.05, 4.69) is 46.1 Å². The third-order valence-electron chi connectivity index (χ3n) is 6.53. The molecule has 2 aliphatic carbocycles. The number of nitrogens with zero attached hydrogens (tertiary/aromatic N) is 2. The first-order valence-corrected chi connectivity index (χ1v) is 9.04. The molecule has 3 nitrogen and oxygen atoms in total. The number of hydrogen-bond acceptors (Lipinski definition) is 2. The Morgan fingerprint density at radius 1 is 1.05 bits per heavy atom. The summed E-state index contributed by atoms with van der Waals surface area (Å²) in [6, 6.07) is 10.1. The Morgan fingerprint density at radius 2 is 1.82 bits per heavy atom. The van der Waals surface area contributed by atoms with Crippen molar-refractivity contribution in [3.63, 3.8) is 0 Å². The molecule has 2 saturated carbocycles. The Balaban J connectivity index is 1.62. The third kappa shape index (κ3) is 1.65. The summed E-state index contributed by atoms with van der Waals surface area (Å²) >= 11 is 0. The zero-order valence-corrected chi connectivity index (χ0v) is 13.5.